The number of ether oxygens (including phenoxy) is 1. The van der Waals surface area contributed by atoms with Crippen LogP contribution in [0.2, 0.25) is 0 Å². The molecular formula is C18H23F3N2O2. The van der Waals surface area contributed by atoms with Crippen molar-refractivity contribution in [2.75, 3.05) is 32.8 Å². The van der Waals surface area contributed by atoms with E-state index in [4.69, 9.17) is 4.74 Å². The van der Waals surface area contributed by atoms with Crippen LogP contribution in [0.15, 0.2) is 24.3 Å². The van der Waals surface area contributed by atoms with Crippen molar-refractivity contribution in [3.63, 3.8) is 0 Å². The number of carbonyl (C=O) groups is 1. The van der Waals surface area contributed by atoms with Crippen LogP contribution in [0.25, 0.3) is 0 Å². The molecule has 1 atom stereocenters. The first-order valence-electron chi connectivity index (χ1n) is 8.72. The van der Waals surface area contributed by atoms with Gasteiger partial charge in [0.2, 0.25) is 5.91 Å². The van der Waals surface area contributed by atoms with E-state index in [0.29, 0.717) is 32.8 Å². The van der Waals surface area contributed by atoms with E-state index >= 15 is 0 Å². The minimum Gasteiger partial charge on any atom is -0.379 e. The zero-order chi connectivity index (χ0) is 17.9. The van der Waals surface area contributed by atoms with Gasteiger partial charge in [-0.25, -0.2) is 0 Å². The largest absolute Gasteiger partial charge is 0.416 e. The average molecular weight is 356 g/mol. The second kappa shape index (κ2) is 7.74. The monoisotopic (exact) mass is 356 g/mol. The molecule has 1 saturated carbocycles. The molecule has 138 valence electrons. The van der Waals surface area contributed by atoms with E-state index in [0.717, 1.165) is 37.0 Å². The molecule has 1 N–H and O–H groups in total. The highest BCUT2D eigenvalue weighted by molar-refractivity contribution is 5.79. The van der Waals surface area contributed by atoms with Crippen LogP contribution in [0.1, 0.15) is 36.4 Å². The lowest BCUT2D eigenvalue weighted by atomic mass is 9.85. The molecule has 1 aliphatic heterocycles. The Morgan fingerprint density at radius 1 is 1.20 bits per heavy atom. The van der Waals surface area contributed by atoms with Gasteiger partial charge >= 0.3 is 6.18 Å². The van der Waals surface area contributed by atoms with Crippen LogP contribution < -0.4 is 5.32 Å². The van der Waals surface area contributed by atoms with Gasteiger partial charge in [0, 0.05) is 25.6 Å². The normalized spacial score (nSPS) is 20.8. The van der Waals surface area contributed by atoms with Gasteiger partial charge in [-0.2, -0.15) is 13.2 Å². The van der Waals surface area contributed by atoms with Crippen molar-refractivity contribution in [1.82, 2.24) is 10.2 Å². The molecule has 4 nitrogen and oxygen atoms in total. The maximum Gasteiger partial charge on any atom is 0.416 e. The summed E-state index contributed by atoms with van der Waals surface area (Å²) >= 11 is 0. The Morgan fingerprint density at radius 2 is 1.84 bits per heavy atom. The molecule has 25 heavy (non-hydrogen) atoms. The van der Waals surface area contributed by atoms with Crippen LogP contribution in [0, 0.1) is 5.92 Å². The lowest BCUT2D eigenvalue weighted by Crippen LogP contribution is -2.45. The summed E-state index contributed by atoms with van der Waals surface area (Å²) < 4.78 is 43.7. The van der Waals surface area contributed by atoms with Gasteiger partial charge in [-0.15, -0.1) is 0 Å². The van der Waals surface area contributed by atoms with E-state index in [1.807, 2.05) is 0 Å². The number of hydrogen-bond acceptors (Lipinski definition) is 3. The molecule has 1 unspecified atom stereocenters. The first kappa shape index (κ1) is 18.2. The second-order valence-electron chi connectivity index (χ2n) is 6.66. The van der Waals surface area contributed by atoms with Crippen molar-refractivity contribution in [1.29, 1.82) is 0 Å². The molecule has 0 radical (unpaired) electrons. The van der Waals surface area contributed by atoms with Gasteiger partial charge in [-0.3, -0.25) is 9.69 Å². The lowest BCUT2D eigenvalue weighted by molar-refractivity contribution is -0.137. The second-order valence-corrected chi connectivity index (χ2v) is 6.66. The molecular weight excluding hydrogens is 333 g/mol. The summed E-state index contributed by atoms with van der Waals surface area (Å²) in [5.74, 6) is 0.148. The molecule has 1 aromatic rings. The molecule has 1 saturated heterocycles. The van der Waals surface area contributed by atoms with Crippen molar-refractivity contribution in [3.05, 3.63) is 35.4 Å². The third-order valence-electron chi connectivity index (χ3n) is 5.05. The third kappa shape index (κ3) is 4.52. The Hall–Kier alpha value is -1.60. The summed E-state index contributed by atoms with van der Waals surface area (Å²) in [4.78, 5) is 14.3. The van der Waals surface area contributed by atoms with E-state index in [-0.39, 0.29) is 17.9 Å². The average Bonchev–Trinajstić information content (AvgIpc) is 2.54. The van der Waals surface area contributed by atoms with Gasteiger partial charge in [0.25, 0.3) is 0 Å². The van der Waals surface area contributed by atoms with Crippen molar-refractivity contribution in [3.8, 4) is 0 Å². The number of carbonyl (C=O) groups excluding carboxylic acids is 1. The number of halogens is 3. The molecule has 1 heterocycles. The summed E-state index contributed by atoms with van der Waals surface area (Å²) in [6.07, 6.45) is -1.40. The number of benzene rings is 1. The molecule has 7 heteroatoms. The lowest BCUT2D eigenvalue weighted by Gasteiger charge is -2.35. The summed E-state index contributed by atoms with van der Waals surface area (Å²) in [5, 5.41) is 2.98. The molecule has 3 rings (SSSR count). The Morgan fingerprint density at radius 3 is 2.36 bits per heavy atom. The van der Waals surface area contributed by atoms with E-state index < -0.39 is 11.7 Å². The molecule has 1 aliphatic carbocycles. The zero-order valence-electron chi connectivity index (χ0n) is 14.0. The van der Waals surface area contributed by atoms with E-state index in [2.05, 4.69) is 10.2 Å². The topological polar surface area (TPSA) is 41.6 Å². The Bertz CT molecular complexity index is 579. The zero-order valence-corrected chi connectivity index (χ0v) is 14.0. The fraction of sp³-hybridized carbons (Fsp3) is 0.611. The van der Waals surface area contributed by atoms with Gasteiger partial charge in [-0.05, 0) is 30.5 Å². The summed E-state index contributed by atoms with van der Waals surface area (Å²) in [5.41, 5.74) is 0.124. The minimum atomic E-state index is -4.34. The SMILES string of the molecule is O=C(NCC(c1ccc(C(F)(F)F)cc1)N1CCOCC1)C1CCC1. The van der Waals surface area contributed by atoms with Crippen molar-refractivity contribution in [2.24, 2.45) is 5.92 Å². The van der Waals surface area contributed by atoms with Gasteiger partial charge in [-0.1, -0.05) is 18.6 Å². The number of alkyl halides is 3. The quantitative estimate of drug-likeness (QED) is 0.882. The van der Waals surface area contributed by atoms with Crippen LogP contribution in [0.5, 0.6) is 0 Å². The number of nitrogens with zero attached hydrogens (tertiary/aromatic N) is 1. The molecule has 2 fully saturated rings. The highest BCUT2D eigenvalue weighted by Crippen LogP contribution is 2.31. The molecule has 0 bridgehead atoms. The van der Waals surface area contributed by atoms with Crippen LogP contribution in [0.4, 0.5) is 13.2 Å². The summed E-state index contributed by atoms with van der Waals surface area (Å²) in [6.45, 7) is 2.98. The standard InChI is InChI=1S/C18H23F3N2O2/c19-18(20,21)15-6-4-13(5-7-15)16(23-8-10-25-11-9-23)12-22-17(24)14-2-1-3-14/h4-7,14,16H,1-3,8-12H2,(H,22,24). The minimum absolute atomic E-state index is 0.0522. The predicted molar refractivity (Wildman–Crippen MR) is 86.9 cm³/mol. The summed E-state index contributed by atoms with van der Waals surface area (Å²) in [6, 6.07) is 5.10. The fourth-order valence-electron chi connectivity index (χ4n) is 3.25. The van der Waals surface area contributed by atoms with Gasteiger partial charge in [0.05, 0.1) is 24.8 Å². The maximum absolute atomic E-state index is 12.8. The summed E-state index contributed by atoms with van der Waals surface area (Å²) in [7, 11) is 0. The van der Waals surface area contributed by atoms with Crippen molar-refractivity contribution >= 4 is 5.91 Å². The molecule has 0 aromatic heterocycles. The highest BCUT2D eigenvalue weighted by atomic mass is 19.4. The first-order chi connectivity index (χ1) is 11.9. The number of hydrogen-bond donors (Lipinski definition) is 1. The molecule has 0 spiro atoms. The van der Waals surface area contributed by atoms with E-state index in [1.54, 1.807) is 0 Å². The van der Waals surface area contributed by atoms with E-state index in [9.17, 15) is 18.0 Å². The van der Waals surface area contributed by atoms with Gasteiger partial charge < -0.3 is 10.1 Å². The first-order valence-corrected chi connectivity index (χ1v) is 8.72. The van der Waals surface area contributed by atoms with Crippen LogP contribution in [-0.4, -0.2) is 43.7 Å². The highest BCUT2D eigenvalue weighted by Gasteiger charge is 2.31. The third-order valence-corrected chi connectivity index (χ3v) is 5.05. The maximum atomic E-state index is 12.8. The van der Waals surface area contributed by atoms with Gasteiger partial charge in [0.15, 0.2) is 0 Å². The fourth-order valence-corrected chi connectivity index (χ4v) is 3.25. The Kier molecular flexibility index (Phi) is 5.64. The Balaban J connectivity index is 1.71. The van der Waals surface area contributed by atoms with Crippen molar-refractivity contribution in [2.45, 2.75) is 31.5 Å². The number of rotatable bonds is 5. The molecule has 1 amide bonds. The van der Waals surface area contributed by atoms with Gasteiger partial charge in [0.1, 0.15) is 0 Å². The number of amides is 1. The van der Waals surface area contributed by atoms with Crippen LogP contribution >= 0.6 is 0 Å². The molecule has 1 aromatic carbocycles. The van der Waals surface area contributed by atoms with Crippen LogP contribution in [0.3, 0.4) is 0 Å². The van der Waals surface area contributed by atoms with Crippen LogP contribution in [-0.2, 0) is 15.7 Å². The number of morpholine rings is 1. The smallest absolute Gasteiger partial charge is 0.379 e. The predicted octanol–water partition coefficient (Wildman–Crippen LogP) is 3.00. The molecule has 2 aliphatic rings. The Labute approximate surface area is 145 Å². The van der Waals surface area contributed by atoms with Crippen molar-refractivity contribution < 1.29 is 22.7 Å². The number of nitrogens with one attached hydrogen (secondary N) is 1. The van der Waals surface area contributed by atoms with E-state index in [1.165, 1.54) is 12.1 Å².